The Kier molecular flexibility index (Phi) is 6.36. The van der Waals surface area contributed by atoms with Gasteiger partial charge < -0.3 is 15.1 Å². The van der Waals surface area contributed by atoms with Gasteiger partial charge in [-0.3, -0.25) is 15.0 Å². The first-order valence-corrected chi connectivity index (χ1v) is 10.9. The number of benzene rings is 2. The normalized spacial score (nSPS) is 17.1. The molecule has 8 heteroatoms. The second-order valence-electron chi connectivity index (χ2n) is 8.29. The Labute approximate surface area is 182 Å². The van der Waals surface area contributed by atoms with Crippen LogP contribution in [0.15, 0.2) is 42.5 Å². The van der Waals surface area contributed by atoms with Crippen molar-refractivity contribution in [2.24, 2.45) is 0 Å². The highest BCUT2D eigenvalue weighted by atomic mass is 16.6. The Bertz CT molecular complexity index is 950. The maximum absolute atomic E-state index is 12.7. The van der Waals surface area contributed by atoms with Crippen LogP contribution < -0.4 is 10.2 Å². The van der Waals surface area contributed by atoms with Crippen LogP contribution in [0.4, 0.5) is 21.9 Å². The van der Waals surface area contributed by atoms with Crippen molar-refractivity contribution >= 4 is 23.1 Å². The summed E-state index contributed by atoms with van der Waals surface area (Å²) in [7, 11) is 0. The first kappa shape index (κ1) is 21.1. The number of carbonyl (C=O) groups is 1. The molecule has 164 valence electrons. The van der Waals surface area contributed by atoms with Crippen LogP contribution in [0.3, 0.4) is 0 Å². The van der Waals surface area contributed by atoms with Gasteiger partial charge >= 0.3 is 6.03 Å². The highest BCUT2D eigenvalue weighted by Crippen LogP contribution is 2.27. The minimum Gasteiger partial charge on any atom is -0.371 e. The van der Waals surface area contributed by atoms with Gasteiger partial charge in [-0.2, -0.15) is 0 Å². The summed E-state index contributed by atoms with van der Waals surface area (Å²) in [6, 6.07) is 13.1. The average Bonchev–Trinajstić information content (AvgIpc) is 3.30. The summed E-state index contributed by atoms with van der Waals surface area (Å²) in [5.74, 6) is 0. The summed E-state index contributed by atoms with van der Waals surface area (Å²) < 4.78 is 0. The zero-order chi connectivity index (χ0) is 21.8. The van der Waals surface area contributed by atoms with Crippen molar-refractivity contribution in [1.29, 1.82) is 0 Å². The second kappa shape index (κ2) is 9.34. The molecular weight excluding hydrogens is 394 g/mol. The van der Waals surface area contributed by atoms with Gasteiger partial charge in [0.15, 0.2) is 0 Å². The van der Waals surface area contributed by atoms with Crippen LogP contribution in [0.1, 0.15) is 24.0 Å². The molecule has 0 aliphatic carbocycles. The minimum atomic E-state index is -0.460. The van der Waals surface area contributed by atoms with Gasteiger partial charge in [-0.05, 0) is 43.0 Å². The molecule has 2 aromatic rings. The summed E-state index contributed by atoms with van der Waals surface area (Å²) in [6.07, 6.45) is 2.50. The molecule has 2 amide bonds. The molecule has 2 saturated heterocycles. The number of hydrogen-bond donors (Lipinski definition) is 1. The molecule has 2 aliphatic rings. The Morgan fingerprint density at radius 3 is 2.45 bits per heavy atom. The summed E-state index contributed by atoms with van der Waals surface area (Å²) in [5.41, 5.74) is 3.60. The molecule has 0 radical (unpaired) electrons. The molecule has 2 fully saturated rings. The largest absolute Gasteiger partial charge is 0.371 e. The van der Waals surface area contributed by atoms with Crippen LogP contribution >= 0.6 is 0 Å². The Balaban J connectivity index is 1.34. The number of aryl methyl sites for hydroxylation is 1. The van der Waals surface area contributed by atoms with Crippen LogP contribution in [-0.2, 0) is 6.54 Å². The summed E-state index contributed by atoms with van der Waals surface area (Å²) in [6.45, 7) is 7.64. The van der Waals surface area contributed by atoms with Crippen LogP contribution in [0.2, 0.25) is 0 Å². The fourth-order valence-corrected chi connectivity index (χ4v) is 4.35. The van der Waals surface area contributed by atoms with Crippen molar-refractivity contribution in [3.63, 3.8) is 0 Å². The predicted molar refractivity (Wildman–Crippen MR) is 122 cm³/mol. The van der Waals surface area contributed by atoms with Crippen LogP contribution in [0.5, 0.6) is 0 Å². The Morgan fingerprint density at radius 1 is 1.03 bits per heavy atom. The fraction of sp³-hybridized carbons (Fsp3) is 0.435. The van der Waals surface area contributed by atoms with Crippen LogP contribution in [-0.4, -0.2) is 60.0 Å². The number of nitro benzene ring substituents is 1. The van der Waals surface area contributed by atoms with Crippen molar-refractivity contribution in [2.45, 2.75) is 26.3 Å². The Hall–Kier alpha value is -3.13. The number of nitro groups is 1. The fourth-order valence-electron chi connectivity index (χ4n) is 4.35. The third kappa shape index (κ3) is 4.96. The van der Waals surface area contributed by atoms with E-state index in [2.05, 4.69) is 39.4 Å². The van der Waals surface area contributed by atoms with Gasteiger partial charge in [-0.25, -0.2) is 4.79 Å². The lowest BCUT2D eigenvalue weighted by Gasteiger charge is -2.35. The third-order valence-electron chi connectivity index (χ3n) is 6.08. The van der Waals surface area contributed by atoms with E-state index in [1.165, 1.54) is 30.2 Å². The monoisotopic (exact) mass is 423 g/mol. The molecule has 0 saturated carbocycles. The second-order valence-corrected chi connectivity index (χ2v) is 8.29. The van der Waals surface area contributed by atoms with E-state index < -0.39 is 4.92 Å². The first-order valence-electron chi connectivity index (χ1n) is 10.9. The van der Waals surface area contributed by atoms with Crippen molar-refractivity contribution < 1.29 is 9.72 Å². The van der Waals surface area contributed by atoms with Crippen molar-refractivity contribution in [3.8, 4) is 0 Å². The maximum atomic E-state index is 12.7. The maximum Gasteiger partial charge on any atom is 0.322 e. The van der Waals surface area contributed by atoms with Gasteiger partial charge in [-0.15, -0.1) is 0 Å². The number of nitrogens with one attached hydrogen (secondary N) is 1. The minimum absolute atomic E-state index is 0.0782. The predicted octanol–water partition coefficient (Wildman–Crippen LogP) is 3.85. The summed E-state index contributed by atoms with van der Waals surface area (Å²) in [5, 5.41) is 14.0. The number of urea groups is 1. The number of anilines is 2. The third-order valence-corrected chi connectivity index (χ3v) is 6.08. The van der Waals surface area contributed by atoms with Gasteiger partial charge in [-0.1, -0.05) is 24.3 Å². The van der Waals surface area contributed by atoms with Crippen molar-refractivity contribution in [2.75, 3.05) is 49.5 Å². The van der Waals surface area contributed by atoms with E-state index in [0.29, 0.717) is 13.1 Å². The Morgan fingerprint density at radius 2 is 1.74 bits per heavy atom. The van der Waals surface area contributed by atoms with E-state index in [4.69, 9.17) is 0 Å². The van der Waals surface area contributed by atoms with E-state index in [-0.39, 0.29) is 17.4 Å². The molecule has 8 nitrogen and oxygen atoms in total. The number of piperazine rings is 1. The molecule has 2 heterocycles. The zero-order valence-electron chi connectivity index (χ0n) is 17.9. The molecule has 1 N–H and O–H groups in total. The molecule has 0 aromatic heterocycles. The van der Waals surface area contributed by atoms with E-state index >= 15 is 0 Å². The van der Waals surface area contributed by atoms with E-state index in [0.717, 1.165) is 38.3 Å². The topological polar surface area (TPSA) is 82.0 Å². The average molecular weight is 424 g/mol. The molecule has 31 heavy (non-hydrogen) atoms. The quantitative estimate of drug-likeness (QED) is 0.583. The van der Waals surface area contributed by atoms with Crippen molar-refractivity contribution in [3.05, 3.63) is 63.7 Å². The van der Waals surface area contributed by atoms with Crippen molar-refractivity contribution in [1.82, 2.24) is 9.80 Å². The summed E-state index contributed by atoms with van der Waals surface area (Å²) in [4.78, 5) is 30.1. The van der Waals surface area contributed by atoms with Gasteiger partial charge in [0.25, 0.3) is 5.69 Å². The number of carbonyl (C=O) groups excluding carboxylic acids is 1. The molecule has 4 rings (SSSR count). The number of nitrogens with zero attached hydrogens (tertiary/aromatic N) is 4. The first-order chi connectivity index (χ1) is 15.0. The highest BCUT2D eigenvalue weighted by Gasteiger charge is 2.24. The lowest BCUT2D eigenvalue weighted by molar-refractivity contribution is -0.384. The van der Waals surface area contributed by atoms with Gasteiger partial charge in [0.1, 0.15) is 5.69 Å². The van der Waals surface area contributed by atoms with Crippen LogP contribution in [0.25, 0.3) is 0 Å². The van der Waals surface area contributed by atoms with Gasteiger partial charge in [0.2, 0.25) is 0 Å². The van der Waals surface area contributed by atoms with E-state index in [1.54, 1.807) is 24.0 Å². The van der Waals surface area contributed by atoms with E-state index in [9.17, 15) is 14.9 Å². The molecule has 2 aliphatic heterocycles. The molecule has 0 spiro atoms. The standard InChI is InChI=1S/C23H29N5O3/c1-18-8-9-20(22(16-18)28(30)31)24-23(29)27-14-12-25(13-15-27)17-19-6-2-3-7-21(19)26-10-4-5-11-26/h2-3,6-9,16H,4-5,10-15,17H2,1H3,(H,24,29). The van der Waals surface area contributed by atoms with Gasteiger partial charge in [0, 0.05) is 57.6 Å². The number of rotatable bonds is 5. The molecular formula is C23H29N5O3. The lowest BCUT2D eigenvalue weighted by atomic mass is 10.1. The smallest absolute Gasteiger partial charge is 0.322 e. The number of para-hydroxylation sites is 1. The van der Waals surface area contributed by atoms with E-state index in [1.807, 2.05) is 0 Å². The molecule has 0 atom stereocenters. The molecule has 0 unspecified atom stereocenters. The molecule has 0 bridgehead atoms. The van der Waals surface area contributed by atoms with Gasteiger partial charge in [0.05, 0.1) is 4.92 Å². The summed E-state index contributed by atoms with van der Waals surface area (Å²) >= 11 is 0. The number of hydrogen-bond acceptors (Lipinski definition) is 5. The lowest BCUT2D eigenvalue weighted by Crippen LogP contribution is -2.49. The highest BCUT2D eigenvalue weighted by molar-refractivity contribution is 5.92. The zero-order valence-corrected chi connectivity index (χ0v) is 17.9. The molecule has 2 aromatic carbocycles. The number of amides is 2. The van der Waals surface area contributed by atoms with Crippen LogP contribution in [0, 0.1) is 17.0 Å². The SMILES string of the molecule is Cc1ccc(NC(=O)N2CCN(Cc3ccccc3N3CCCC3)CC2)c([N+](=O)[O-])c1.